The number of nitrogens with one attached hydrogen (secondary N) is 1. The number of ether oxygens (including phenoxy) is 3. The summed E-state index contributed by atoms with van der Waals surface area (Å²) in [7, 11) is 3.21. The van der Waals surface area contributed by atoms with Gasteiger partial charge in [-0.1, -0.05) is 12.1 Å². The summed E-state index contributed by atoms with van der Waals surface area (Å²) < 4.78 is 17.9. The van der Waals surface area contributed by atoms with Gasteiger partial charge in [-0.05, 0) is 29.8 Å². The number of carbonyl (C=O) groups is 1. The zero-order chi connectivity index (χ0) is 21.0. The number of carbonyl (C=O) groups excluding carboxylic acids is 1. The normalized spacial score (nSPS) is 19.2. The van der Waals surface area contributed by atoms with Crippen LogP contribution in [-0.2, 0) is 19.0 Å². The Bertz CT molecular complexity index is 1000. The Kier molecular flexibility index (Phi) is 5.98. The summed E-state index contributed by atoms with van der Waals surface area (Å²) in [6.45, 7) is 2.68. The molecule has 1 unspecified atom stereocenters. The van der Waals surface area contributed by atoms with Gasteiger partial charge in [-0.15, -0.1) is 0 Å². The average molecular weight is 410 g/mol. The van der Waals surface area contributed by atoms with E-state index in [1.54, 1.807) is 7.11 Å². The first-order valence-corrected chi connectivity index (χ1v) is 9.88. The van der Waals surface area contributed by atoms with Gasteiger partial charge in [0.2, 0.25) is 5.72 Å². The molecule has 0 radical (unpaired) electrons. The maximum atomic E-state index is 11.7. The number of benzene rings is 1. The summed E-state index contributed by atoms with van der Waals surface area (Å²) in [5.41, 5.74) is 6.04. The molecule has 2 aromatic heterocycles. The molecule has 0 saturated carbocycles. The van der Waals surface area contributed by atoms with Gasteiger partial charge in [0.05, 0.1) is 19.8 Å². The second-order valence-corrected chi connectivity index (χ2v) is 7.14. The maximum Gasteiger partial charge on any atom is 0.221 e. The monoisotopic (exact) mass is 410 g/mol. The highest BCUT2D eigenvalue weighted by Crippen LogP contribution is 2.30. The van der Waals surface area contributed by atoms with Crippen molar-refractivity contribution in [3.8, 4) is 11.1 Å². The van der Waals surface area contributed by atoms with Crippen LogP contribution in [0.4, 0.5) is 5.69 Å². The molecule has 3 heterocycles. The molecule has 0 aliphatic carbocycles. The van der Waals surface area contributed by atoms with Crippen molar-refractivity contribution in [3.05, 3.63) is 48.8 Å². The second kappa shape index (κ2) is 8.83. The first-order valence-electron chi connectivity index (χ1n) is 9.88. The van der Waals surface area contributed by atoms with E-state index in [9.17, 15) is 4.79 Å². The average Bonchev–Trinajstić information content (AvgIpc) is 3.21. The summed E-state index contributed by atoms with van der Waals surface area (Å²) in [6.07, 6.45) is 4.64. The minimum absolute atomic E-state index is 0.213. The lowest BCUT2D eigenvalue weighted by Gasteiger charge is -2.43. The van der Waals surface area contributed by atoms with E-state index in [4.69, 9.17) is 14.2 Å². The van der Waals surface area contributed by atoms with Crippen LogP contribution in [0.5, 0.6) is 0 Å². The highest BCUT2D eigenvalue weighted by molar-refractivity contribution is 5.82. The quantitative estimate of drug-likeness (QED) is 0.451. The summed E-state index contributed by atoms with van der Waals surface area (Å²) in [6, 6.07) is 12.2. The number of aldehydes is 1. The Morgan fingerprint density at radius 3 is 2.80 bits per heavy atom. The SMILES string of the molecule is COCCNn1ccc2cc(-c3ccc(N4CCOCC4(C=O)OC)cc3)cnc21. The number of pyridine rings is 1. The minimum atomic E-state index is -1.08. The number of fused-ring (bicyclic) bond motifs is 1. The van der Waals surface area contributed by atoms with Crippen LogP contribution in [-0.4, -0.2) is 68.8 Å². The Balaban J connectivity index is 1.56. The number of methoxy groups -OCH3 is 2. The number of aromatic nitrogens is 2. The van der Waals surface area contributed by atoms with Gasteiger partial charge in [-0.3, -0.25) is 4.79 Å². The fourth-order valence-electron chi connectivity index (χ4n) is 3.72. The molecule has 0 spiro atoms. The van der Waals surface area contributed by atoms with Crippen LogP contribution in [0.15, 0.2) is 48.8 Å². The molecular weight excluding hydrogens is 384 g/mol. The van der Waals surface area contributed by atoms with Crippen molar-refractivity contribution in [2.75, 3.05) is 57.5 Å². The maximum absolute atomic E-state index is 11.7. The van der Waals surface area contributed by atoms with E-state index >= 15 is 0 Å². The van der Waals surface area contributed by atoms with E-state index in [-0.39, 0.29) is 6.61 Å². The van der Waals surface area contributed by atoms with Gasteiger partial charge in [-0.25, -0.2) is 9.66 Å². The summed E-state index contributed by atoms with van der Waals surface area (Å²) >= 11 is 0. The largest absolute Gasteiger partial charge is 0.383 e. The lowest BCUT2D eigenvalue weighted by atomic mass is 10.0. The van der Waals surface area contributed by atoms with Crippen LogP contribution in [0.2, 0.25) is 0 Å². The van der Waals surface area contributed by atoms with Gasteiger partial charge in [0.25, 0.3) is 0 Å². The zero-order valence-electron chi connectivity index (χ0n) is 17.2. The van der Waals surface area contributed by atoms with Crippen LogP contribution < -0.4 is 10.3 Å². The number of rotatable bonds is 8. The number of morpholine rings is 1. The lowest BCUT2D eigenvalue weighted by Crippen LogP contribution is -2.59. The van der Waals surface area contributed by atoms with Gasteiger partial charge in [0, 0.05) is 49.8 Å². The Labute approximate surface area is 175 Å². The third-order valence-electron chi connectivity index (χ3n) is 5.39. The smallest absolute Gasteiger partial charge is 0.221 e. The fourth-order valence-corrected chi connectivity index (χ4v) is 3.72. The molecule has 8 nitrogen and oxygen atoms in total. The van der Waals surface area contributed by atoms with Crippen LogP contribution in [0.25, 0.3) is 22.2 Å². The van der Waals surface area contributed by atoms with Crippen molar-refractivity contribution < 1.29 is 19.0 Å². The molecule has 4 rings (SSSR count). The van der Waals surface area contributed by atoms with E-state index in [0.29, 0.717) is 26.3 Å². The standard InChI is InChI=1S/C22H26N4O4/c1-28-11-8-24-26-9-7-18-13-19(14-23-21(18)26)17-3-5-20(6-4-17)25-10-12-30-16-22(25,15-27)29-2/h3-7,9,13-15,24H,8,10-12,16H2,1-2H3. The van der Waals surface area contributed by atoms with Crippen molar-refractivity contribution in [2.45, 2.75) is 5.72 Å². The molecule has 1 aliphatic heterocycles. The molecule has 1 aromatic carbocycles. The van der Waals surface area contributed by atoms with E-state index in [1.165, 1.54) is 7.11 Å². The van der Waals surface area contributed by atoms with E-state index in [2.05, 4.69) is 16.5 Å². The Morgan fingerprint density at radius 2 is 2.07 bits per heavy atom. The molecule has 158 valence electrons. The molecule has 0 bridgehead atoms. The summed E-state index contributed by atoms with van der Waals surface area (Å²) in [5.74, 6) is 0. The van der Waals surface area contributed by atoms with Crippen molar-refractivity contribution in [2.24, 2.45) is 0 Å². The van der Waals surface area contributed by atoms with Crippen molar-refractivity contribution >= 4 is 23.0 Å². The van der Waals surface area contributed by atoms with Gasteiger partial charge < -0.3 is 24.5 Å². The molecule has 0 amide bonds. The molecule has 1 aliphatic rings. The van der Waals surface area contributed by atoms with E-state index < -0.39 is 5.72 Å². The van der Waals surface area contributed by atoms with E-state index in [1.807, 2.05) is 52.3 Å². The predicted molar refractivity (Wildman–Crippen MR) is 115 cm³/mol. The molecule has 30 heavy (non-hydrogen) atoms. The van der Waals surface area contributed by atoms with Crippen molar-refractivity contribution in [1.29, 1.82) is 0 Å². The minimum Gasteiger partial charge on any atom is -0.383 e. The van der Waals surface area contributed by atoms with Crippen molar-refractivity contribution in [1.82, 2.24) is 9.66 Å². The summed E-state index contributed by atoms with van der Waals surface area (Å²) in [4.78, 5) is 18.3. The first-order chi connectivity index (χ1) is 14.7. The van der Waals surface area contributed by atoms with Gasteiger partial charge in [0.1, 0.15) is 6.61 Å². The van der Waals surface area contributed by atoms with Gasteiger partial charge in [-0.2, -0.15) is 0 Å². The molecule has 8 heteroatoms. The number of hydrogen-bond acceptors (Lipinski definition) is 7. The molecule has 3 aromatic rings. The predicted octanol–water partition coefficient (Wildman–Crippen LogP) is 2.27. The van der Waals surface area contributed by atoms with Gasteiger partial charge in [0.15, 0.2) is 11.9 Å². The van der Waals surface area contributed by atoms with Gasteiger partial charge >= 0.3 is 0 Å². The van der Waals surface area contributed by atoms with Crippen LogP contribution in [0.3, 0.4) is 0 Å². The van der Waals surface area contributed by atoms with Crippen LogP contribution in [0.1, 0.15) is 0 Å². The molecule has 1 saturated heterocycles. The Hall–Kier alpha value is -2.94. The lowest BCUT2D eigenvalue weighted by molar-refractivity contribution is -0.141. The number of nitrogens with zero attached hydrogens (tertiary/aromatic N) is 3. The first kappa shape index (κ1) is 20.3. The summed E-state index contributed by atoms with van der Waals surface area (Å²) in [5, 5.41) is 1.05. The zero-order valence-corrected chi connectivity index (χ0v) is 17.2. The van der Waals surface area contributed by atoms with E-state index in [0.717, 1.165) is 34.1 Å². The van der Waals surface area contributed by atoms with Crippen LogP contribution in [0, 0.1) is 0 Å². The second-order valence-electron chi connectivity index (χ2n) is 7.14. The number of hydrogen-bond donors (Lipinski definition) is 1. The molecule has 1 atom stereocenters. The third-order valence-corrected chi connectivity index (χ3v) is 5.39. The number of anilines is 1. The molecule has 1 N–H and O–H groups in total. The van der Waals surface area contributed by atoms with Crippen LogP contribution >= 0.6 is 0 Å². The molecular formula is C22H26N4O4. The third kappa shape index (κ3) is 3.77. The highest BCUT2D eigenvalue weighted by Gasteiger charge is 2.40. The van der Waals surface area contributed by atoms with Crippen molar-refractivity contribution in [3.63, 3.8) is 0 Å². The fraction of sp³-hybridized carbons (Fsp3) is 0.364. The molecule has 1 fully saturated rings. The Morgan fingerprint density at radius 1 is 1.23 bits per heavy atom. The topological polar surface area (TPSA) is 77.8 Å². The highest BCUT2D eigenvalue weighted by atomic mass is 16.6.